The minimum Gasteiger partial charge on any atom is -0.342 e. The van der Waals surface area contributed by atoms with E-state index in [4.69, 9.17) is 5.73 Å². The number of amides is 2. The first-order valence-electron chi connectivity index (χ1n) is 8.09. The molecule has 1 aromatic rings. The standard InChI is InChI=1S/C17H22FN3O2.ClH/c1-10(19)11-4-6-21(7-5-11)17(23)14-9-16(22)20-15-8-12(18)2-3-13(14)15;/h2-3,8,10-11,14H,4-7,9,19H2,1H3,(H,20,22);1H. The van der Waals surface area contributed by atoms with E-state index in [1.54, 1.807) is 6.07 Å². The van der Waals surface area contributed by atoms with E-state index >= 15 is 0 Å². The van der Waals surface area contributed by atoms with E-state index in [1.165, 1.54) is 12.1 Å². The van der Waals surface area contributed by atoms with Gasteiger partial charge in [0.05, 0.1) is 5.92 Å². The molecule has 1 fully saturated rings. The Morgan fingerprint density at radius 1 is 1.38 bits per heavy atom. The van der Waals surface area contributed by atoms with Gasteiger partial charge in [0, 0.05) is 31.2 Å². The topological polar surface area (TPSA) is 75.4 Å². The van der Waals surface area contributed by atoms with Crippen LogP contribution in [0.3, 0.4) is 0 Å². The van der Waals surface area contributed by atoms with Crippen LogP contribution in [-0.2, 0) is 9.59 Å². The Balaban J connectivity index is 0.00000208. The first-order valence-corrected chi connectivity index (χ1v) is 8.09. The summed E-state index contributed by atoms with van der Waals surface area (Å²) in [4.78, 5) is 26.5. The number of halogens is 2. The van der Waals surface area contributed by atoms with Crippen LogP contribution in [0.15, 0.2) is 18.2 Å². The molecular formula is C17H23ClFN3O2. The molecule has 3 rings (SSSR count). The minimum atomic E-state index is -0.522. The van der Waals surface area contributed by atoms with Crippen molar-refractivity contribution >= 4 is 29.9 Å². The van der Waals surface area contributed by atoms with Crippen molar-refractivity contribution in [2.45, 2.75) is 38.1 Å². The number of nitrogens with two attached hydrogens (primary N) is 1. The Morgan fingerprint density at radius 2 is 2.04 bits per heavy atom. The van der Waals surface area contributed by atoms with Crippen LogP contribution in [0, 0.1) is 11.7 Å². The molecule has 2 heterocycles. The van der Waals surface area contributed by atoms with Crippen LogP contribution >= 0.6 is 12.4 Å². The predicted octanol–water partition coefficient (Wildman–Crippen LogP) is 2.26. The zero-order chi connectivity index (χ0) is 16.6. The highest BCUT2D eigenvalue weighted by molar-refractivity contribution is 6.01. The van der Waals surface area contributed by atoms with Crippen molar-refractivity contribution in [3.8, 4) is 0 Å². The second kappa shape index (κ2) is 7.49. The van der Waals surface area contributed by atoms with Gasteiger partial charge in [-0.25, -0.2) is 4.39 Å². The monoisotopic (exact) mass is 355 g/mol. The van der Waals surface area contributed by atoms with Crippen molar-refractivity contribution < 1.29 is 14.0 Å². The molecule has 1 saturated heterocycles. The normalized spacial score (nSPS) is 22.2. The number of carbonyl (C=O) groups excluding carboxylic acids is 2. The fourth-order valence-corrected chi connectivity index (χ4v) is 3.52. The molecule has 0 aliphatic carbocycles. The molecule has 2 atom stereocenters. The van der Waals surface area contributed by atoms with E-state index in [1.807, 2.05) is 11.8 Å². The van der Waals surface area contributed by atoms with Crippen molar-refractivity contribution in [1.82, 2.24) is 4.90 Å². The lowest BCUT2D eigenvalue weighted by atomic mass is 9.87. The number of hydrogen-bond donors (Lipinski definition) is 2. The molecule has 2 aliphatic rings. The maximum Gasteiger partial charge on any atom is 0.230 e. The summed E-state index contributed by atoms with van der Waals surface area (Å²) in [6.07, 6.45) is 1.89. The van der Waals surface area contributed by atoms with Gasteiger partial charge in [0.15, 0.2) is 0 Å². The summed E-state index contributed by atoms with van der Waals surface area (Å²) in [5, 5.41) is 2.64. The van der Waals surface area contributed by atoms with E-state index in [-0.39, 0.29) is 36.7 Å². The molecule has 132 valence electrons. The number of piperidine rings is 1. The highest BCUT2D eigenvalue weighted by Crippen LogP contribution is 2.35. The molecule has 2 amide bonds. The van der Waals surface area contributed by atoms with Crippen molar-refractivity contribution in [3.05, 3.63) is 29.6 Å². The zero-order valence-electron chi connectivity index (χ0n) is 13.6. The number of rotatable bonds is 2. The summed E-state index contributed by atoms with van der Waals surface area (Å²) >= 11 is 0. The zero-order valence-corrected chi connectivity index (χ0v) is 14.4. The highest BCUT2D eigenvalue weighted by atomic mass is 35.5. The van der Waals surface area contributed by atoms with Crippen molar-refractivity contribution in [2.75, 3.05) is 18.4 Å². The minimum absolute atomic E-state index is 0. The molecule has 5 nitrogen and oxygen atoms in total. The molecule has 0 saturated carbocycles. The Morgan fingerprint density at radius 3 is 2.67 bits per heavy atom. The maximum absolute atomic E-state index is 13.4. The van der Waals surface area contributed by atoms with E-state index in [9.17, 15) is 14.0 Å². The van der Waals surface area contributed by atoms with Gasteiger partial charge in [-0.05, 0) is 43.4 Å². The lowest BCUT2D eigenvalue weighted by molar-refractivity contribution is -0.136. The molecule has 2 aliphatic heterocycles. The number of benzene rings is 1. The van der Waals surface area contributed by atoms with Gasteiger partial charge in [-0.3, -0.25) is 9.59 Å². The first-order chi connectivity index (χ1) is 11.0. The number of fused-ring (bicyclic) bond motifs is 1. The van der Waals surface area contributed by atoms with Gasteiger partial charge in [-0.1, -0.05) is 6.07 Å². The molecule has 7 heteroatoms. The van der Waals surface area contributed by atoms with Gasteiger partial charge < -0.3 is 16.0 Å². The van der Waals surface area contributed by atoms with Crippen LogP contribution in [0.4, 0.5) is 10.1 Å². The summed E-state index contributed by atoms with van der Waals surface area (Å²) in [5.74, 6) is -0.793. The smallest absolute Gasteiger partial charge is 0.230 e. The second-order valence-corrected chi connectivity index (χ2v) is 6.56. The summed E-state index contributed by atoms with van der Waals surface area (Å²) in [6.45, 7) is 3.33. The number of nitrogens with zero attached hydrogens (tertiary/aromatic N) is 1. The van der Waals surface area contributed by atoms with Crippen LogP contribution in [0.25, 0.3) is 0 Å². The summed E-state index contributed by atoms with van der Waals surface area (Å²) < 4.78 is 13.4. The fraction of sp³-hybridized carbons (Fsp3) is 0.529. The van der Waals surface area contributed by atoms with E-state index in [2.05, 4.69) is 5.32 Å². The lowest BCUT2D eigenvalue weighted by Crippen LogP contribution is -2.45. The molecule has 0 bridgehead atoms. The number of carbonyl (C=O) groups is 2. The van der Waals surface area contributed by atoms with Gasteiger partial charge in [0.25, 0.3) is 0 Å². The Bertz CT molecular complexity index is 630. The third kappa shape index (κ3) is 3.70. The van der Waals surface area contributed by atoms with Gasteiger partial charge in [-0.15, -0.1) is 12.4 Å². The average molecular weight is 356 g/mol. The van der Waals surface area contributed by atoms with Gasteiger partial charge >= 0.3 is 0 Å². The van der Waals surface area contributed by atoms with Gasteiger partial charge in [-0.2, -0.15) is 0 Å². The largest absolute Gasteiger partial charge is 0.342 e. The molecule has 2 unspecified atom stereocenters. The molecule has 0 aromatic heterocycles. The van der Waals surface area contributed by atoms with Crippen molar-refractivity contribution in [1.29, 1.82) is 0 Å². The van der Waals surface area contributed by atoms with Crippen LogP contribution in [-0.4, -0.2) is 35.8 Å². The number of likely N-dealkylation sites (tertiary alicyclic amines) is 1. The second-order valence-electron chi connectivity index (χ2n) is 6.56. The van der Waals surface area contributed by atoms with Crippen molar-refractivity contribution in [2.24, 2.45) is 11.7 Å². The van der Waals surface area contributed by atoms with E-state index < -0.39 is 11.7 Å². The Hall–Kier alpha value is -1.66. The van der Waals surface area contributed by atoms with Crippen LogP contribution in [0.5, 0.6) is 0 Å². The summed E-state index contributed by atoms with van der Waals surface area (Å²) in [7, 11) is 0. The fourth-order valence-electron chi connectivity index (χ4n) is 3.52. The molecule has 3 N–H and O–H groups in total. The van der Waals surface area contributed by atoms with Crippen LogP contribution in [0.1, 0.15) is 37.7 Å². The quantitative estimate of drug-likeness (QED) is 0.854. The third-order valence-corrected chi connectivity index (χ3v) is 4.95. The van der Waals surface area contributed by atoms with Gasteiger partial charge in [0.2, 0.25) is 11.8 Å². The van der Waals surface area contributed by atoms with Crippen molar-refractivity contribution in [3.63, 3.8) is 0 Å². The molecular weight excluding hydrogens is 333 g/mol. The van der Waals surface area contributed by atoms with E-state index in [0.717, 1.165) is 12.8 Å². The number of hydrogen-bond acceptors (Lipinski definition) is 3. The maximum atomic E-state index is 13.4. The molecule has 0 radical (unpaired) electrons. The Labute approximate surface area is 147 Å². The third-order valence-electron chi connectivity index (χ3n) is 4.95. The molecule has 0 spiro atoms. The Kier molecular flexibility index (Phi) is 5.83. The number of anilines is 1. The SMILES string of the molecule is CC(N)C1CCN(C(=O)C2CC(=O)Nc3cc(F)ccc32)CC1.Cl. The summed E-state index contributed by atoms with van der Waals surface area (Å²) in [5.41, 5.74) is 7.04. The first kappa shape index (κ1) is 18.7. The molecule has 24 heavy (non-hydrogen) atoms. The van der Waals surface area contributed by atoms with Crippen LogP contribution in [0.2, 0.25) is 0 Å². The lowest BCUT2D eigenvalue weighted by Gasteiger charge is -2.36. The molecule has 1 aromatic carbocycles. The average Bonchev–Trinajstić information content (AvgIpc) is 2.53. The summed E-state index contributed by atoms with van der Waals surface area (Å²) in [6, 6.07) is 4.34. The number of nitrogens with one attached hydrogen (secondary N) is 1. The predicted molar refractivity (Wildman–Crippen MR) is 92.6 cm³/mol. The van der Waals surface area contributed by atoms with Gasteiger partial charge in [0.1, 0.15) is 5.82 Å². The van der Waals surface area contributed by atoms with Crippen LogP contribution < -0.4 is 11.1 Å². The highest BCUT2D eigenvalue weighted by Gasteiger charge is 2.35. The van der Waals surface area contributed by atoms with E-state index in [0.29, 0.717) is 30.3 Å².